The Hall–Kier alpha value is -3.86. The summed E-state index contributed by atoms with van der Waals surface area (Å²) in [4.78, 5) is 36.6. The predicted molar refractivity (Wildman–Crippen MR) is 107 cm³/mol. The summed E-state index contributed by atoms with van der Waals surface area (Å²) in [5.74, 6) is -1.21. The second kappa shape index (κ2) is 8.25. The second-order valence-corrected chi connectivity index (χ2v) is 7.07. The Labute approximate surface area is 173 Å². The summed E-state index contributed by atoms with van der Waals surface area (Å²) in [6, 6.07) is 7.20. The van der Waals surface area contributed by atoms with Crippen LogP contribution in [0, 0.1) is 0 Å². The van der Waals surface area contributed by atoms with Crippen LogP contribution >= 0.6 is 11.3 Å². The molecule has 1 N–H and O–H groups in total. The fourth-order valence-corrected chi connectivity index (χ4v) is 3.67. The number of hydrogen-bond donors (Lipinski definition) is 1. The zero-order valence-electron chi connectivity index (χ0n) is 15.6. The zero-order valence-corrected chi connectivity index (χ0v) is 16.5. The van der Waals surface area contributed by atoms with E-state index >= 15 is 0 Å². The molecule has 0 saturated carbocycles. The summed E-state index contributed by atoms with van der Waals surface area (Å²) < 4.78 is 11.5. The monoisotopic (exact) mass is 425 g/mol. The third-order valence-corrected chi connectivity index (χ3v) is 5.09. The number of nitrogens with zero attached hydrogens (tertiary/aromatic N) is 4. The molecular formula is C19H15N5O5S. The van der Waals surface area contributed by atoms with Crippen LogP contribution < -0.4 is 10.7 Å². The molecule has 0 saturated heterocycles. The van der Waals surface area contributed by atoms with Crippen molar-refractivity contribution in [3.8, 4) is 0 Å². The maximum atomic E-state index is 12.7. The van der Waals surface area contributed by atoms with Gasteiger partial charge in [-0.1, -0.05) is 0 Å². The van der Waals surface area contributed by atoms with Crippen LogP contribution in [0.2, 0.25) is 0 Å². The summed E-state index contributed by atoms with van der Waals surface area (Å²) in [7, 11) is 1.20. The Kier molecular flexibility index (Phi) is 5.35. The number of esters is 1. The number of amides is 1. The van der Waals surface area contributed by atoms with E-state index in [9.17, 15) is 14.4 Å². The number of anilines is 1. The minimum Gasteiger partial charge on any atom is -0.463 e. The minimum absolute atomic E-state index is 0.0930. The predicted octanol–water partition coefficient (Wildman–Crippen LogP) is 2.25. The molecule has 1 atom stereocenters. The first-order chi connectivity index (χ1) is 14.5. The first kappa shape index (κ1) is 19.5. The van der Waals surface area contributed by atoms with Gasteiger partial charge in [0.25, 0.3) is 0 Å². The van der Waals surface area contributed by atoms with Gasteiger partial charge >= 0.3 is 5.97 Å². The zero-order chi connectivity index (χ0) is 21.1. The molecule has 1 aromatic carbocycles. The number of rotatable bonds is 6. The Bertz CT molecular complexity index is 1220. The molecule has 0 spiro atoms. The molecule has 10 nitrogen and oxygen atoms in total. The van der Waals surface area contributed by atoms with Crippen molar-refractivity contribution in [3.05, 3.63) is 69.0 Å². The Morgan fingerprint density at radius 3 is 2.87 bits per heavy atom. The van der Waals surface area contributed by atoms with Crippen LogP contribution in [0.15, 0.2) is 56.6 Å². The highest BCUT2D eigenvalue weighted by Crippen LogP contribution is 2.24. The number of carbonyl (C=O) groups excluding carboxylic acids is 2. The molecule has 0 radical (unpaired) electrons. The average Bonchev–Trinajstić information content (AvgIpc) is 3.46. The van der Waals surface area contributed by atoms with Gasteiger partial charge in [-0.3, -0.25) is 9.59 Å². The number of nitrogens with one attached hydrogen (secondary N) is 1. The van der Waals surface area contributed by atoms with Gasteiger partial charge in [-0.05, 0) is 51.0 Å². The Balaban J connectivity index is 1.56. The molecule has 0 aliphatic heterocycles. The number of methoxy groups -OCH3 is 1. The van der Waals surface area contributed by atoms with Crippen molar-refractivity contribution in [1.29, 1.82) is 0 Å². The van der Waals surface area contributed by atoms with E-state index in [-0.39, 0.29) is 35.1 Å². The molecule has 3 heterocycles. The topological polar surface area (TPSA) is 129 Å². The van der Waals surface area contributed by atoms with Gasteiger partial charge in [0, 0.05) is 11.8 Å². The molecule has 30 heavy (non-hydrogen) atoms. The molecule has 152 valence electrons. The lowest BCUT2D eigenvalue weighted by Gasteiger charge is -2.15. The van der Waals surface area contributed by atoms with Crippen LogP contribution in [-0.4, -0.2) is 39.2 Å². The maximum absolute atomic E-state index is 12.7. The third-order valence-electron chi connectivity index (χ3n) is 4.39. The molecular weight excluding hydrogens is 410 g/mol. The molecule has 1 amide bonds. The number of thiophene rings is 1. The van der Waals surface area contributed by atoms with Crippen molar-refractivity contribution in [2.24, 2.45) is 0 Å². The third kappa shape index (κ3) is 3.96. The van der Waals surface area contributed by atoms with Gasteiger partial charge in [-0.2, -0.15) is 11.3 Å². The van der Waals surface area contributed by atoms with E-state index in [1.807, 2.05) is 16.8 Å². The normalized spacial score (nSPS) is 11.9. The maximum Gasteiger partial charge on any atom is 0.374 e. The number of benzene rings is 1. The number of carbonyl (C=O) groups is 2. The molecule has 0 unspecified atom stereocenters. The molecule has 11 heteroatoms. The van der Waals surface area contributed by atoms with Gasteiger partial charge in [0.2, 0.25) is 11.7 Å². The summed E-state index contributed by atoms with van der Waals surface area (Å²) in [6.07, 6.45) is 1.55. The van der Waals surface area contributed by atoms with Crippen molar-refractivity contribution in [2.75, 3.05) is 12.4 Å². The first-order valence-electron chi connectivity index (χ1n) is 8.76. The molecule has 0 aliphatic rings. The molecule has 3 aromatic heterocycles. The fourth-order valence-electron chi connectivity index (χ4n) is 2.96. The highest BCUT2D eigenvalue weighted by Gasteiger charge is 2.20. The summed E-state index contributed by atoms with van der Waals surface area (Å²) >= 11 is 1.51. The van der Waals surface area contributed by atoms with Crippen LogP contribution in [0.4, 0.5) is 5.69 Å². The average molecular weight is 425 g/mol. The van der Waals surface area contributed by atoms with Crippen LogP contribution in [0.5, 0.6) is 0 Å². The standard InChI is InChI=1S/C19H15N5O5S/c1-28-19(27)17-8-15(25)13-6-12(2-3-16(13)29-17)21-18(26)7-14(11-4-5-30-9-11)24-10-20-22-23-24/h2-6,8-10,14H,7H2,1H3,(H,21,26)/t14-/m0/s1. The number of fused-ring (bicyclic) bond motifs is 1. The lowest BCUT2D eigenvalue weighted by atomic mass is 10.1. The largest absolute Gasteiger partial charge is 0.463 e. The van der Waals surface area contributed by atoms with Crippen molar-refractivity contribution in [1.82, 2.24) is 20.2 Å². The highest BCUT2D eigenvalue weighted by atomic mass is 32.1. The van der Waals surface area contributed by atoms with Gasteiger partial charge in [0.1, 0.15) is 11.9 Å². The number of aromatic nitrogens is 4. The molecule has 0 fully saturated rings. The van der Waals surface area contributed by atoms with Crippen molar-refractivity contribution >= 4 is 39.9 Å². The van der Waals surface area contributed by atoms with Crippen LogP contribution in [0.3, 0.4) is 0 Å². The second-order valence-electron chi connectivity index (χ2n) is 6.29. The van der Waals surface area contributed by atoms with Crippen LogP contribution in [0.25, 0.3) is 11.0 Å². The van der Waals surface area contributed by atoms with E-state index in [1.165, 1.54) is 41.6 Å². The molecule has 0 bridgehead atoms. The molecule has 4 aromatic rings. The van der Waals surface area contributed by atoms with Crippen LogP contribution in [0.1, 0.15) is 28.6 Å². The van der Waals surface area contributed by atoms with E-state index in [0.29, 0.717) is 5.69 Å². The quantitative estimate of drug-likeness (QED) is 0.466. The van der Waals surface area contributed by atoms with Gasteiger partial charge in [-0.25, -0.2) is 9.48 Å². The molecule has 0 aliphatic carbocycles. The molecule has 4 rings (SSSR count). The Morgan fingerprint density at radius 2 is 2.17 bits per heavy atom. The van der Waals surface area contributed by atoms with E-state index in [1.54, 1.807) is 6.07 Å². The SMILES string of the molecule is COC(=O)c1cc(=O)c2cc(NC(=O)C[C@@H](c3ccsc3)n3cnnn3)ccc2o1. The number of ether oxygens (including phenoxy) is 1. The minimum atomic E-state index is -0.742. The van der Waals surface area contributed by atoms with Crippen molar-refractivity contribution in [2.45, 2.75) is 12.5 Å². The van der Waals surface area contributed by atoms with E-state index < -0.39 is 11.4 Å². The first-order valence-corrected chi connectivity index (χ1v) is 9.70. The van der Waals surface area contributed by atoms with Crippen molar-refractivity contribution < 1.29 is 18.7 Å². The highest BCUT2D eigenvalue weighted by molar-refractivity contribution is 7.08. The van der Waals surface area contributed by atoms with Crippen molar-refractivity contribution in [3.63, 3.8) is 0 Å². The van der Waals surface area contributed by atoms with E-state index in [4.69, 9.17) is 4.42 Å². The number of hydrogen-bond acceptors (Lipinski definition) is 9. The van der Waals surface area contributed by atoms with Gasteiger partial charge < -0.3 is 14.5 Å². The van der Waals surface area contributed by atoms with Gasteiger partial charge in [0.05, 0.1) is 25.0 Å². The van der Waals surface area contributed by atoms with E-state index in [0.717, 1.165) is 11.6 Å². The fraction of sp³-hybridized carbons (Fsp3) is 0.158. The lowest BCUT2D eigenvalue weighted by Crippen LogP contribution is -2.20. The number of tetrazole rings is 1. The Morgan fingerprint density at radius 1 is 1.30 bits per heavy atom. The lowest BCUT2D eigenvalue weighted by molar-refractivity contribution is -0.116. The van der Waals surface area contributed by atoms with Gasteiger partial charge in [0.15, 0.2) is 5.43 Å². The van der Waals surface area contributed by atoms with Crippen LogP contribution in [-0.2, 0) is 9.53 Å². The van der Waals surface area contributed by atoms with Gasteiger partial charge in [-0.15, -0.1) is 5.10 Å². The summed E-state index contributed by atoms with van der Waals surface area (Å²) in [5, 5.41) is 18.0. The summed E-state index contributed by atoms with van der Waals surface area (Å²) in [6.45, 7) is 0. The summed E-state index contributed by atoms with van der Waals surface area (Å²) in [5.41, 5.74) is 1.13. The smallest absolute Gasteiger partial charge is 0.374 e. The van der Waals surface area contributed by atoms with E-state index in [2.05, 4.69) is 25.6 Å².